The summed E-state index contributed by atoms with van der Waals surface area (Å²) >= 11 is 6.12. The van der Waals surface area contributed by atoms with Crippen LogP contribution >= 0.6 is 11.6 Å². The zero-order chi connectivity index (χ0) is 22.8. The van der Waals surface area contributed by atoms with Crippen LogP contribution in [0.15, 0.2) is 83.9 Å². The summed E-state index contributed by atoms with van der Waals surface area (Å²) in [6, 6.07) is 16.4. The van der Waals surface area contributed by atoms with Crippen molar-refractivity contribution in [3.05, 3.63) is 101 Å². The number of carbonyl (C=O) groups is 1. The Labute approximate surface area is 195 Å². The molecule has 7 nitrogen and oxygen atoms in total. The van der Waals surface area contributed by atoms with Crippen LogP contribution in [0.3, 0.4) is 0 Å². The molecule has 0 aliphatic heterocycles. The van der Waals surface area contributed by atoms with Crippen molar-refractivity contribution in [2.45, 2.75) is 19.5 Å². The van der Waals surface area contributed by atoms with Crippen molar-refractivity contribution < 1.29 is 9.21 Å². The molecule has 0 radical (unpaired) electrons. The second-order valence-corrected chi connectivity index (χ2v) is 8.10. The van der Waals surface area contributed by atoms with Crippen LogP contribution in [0.5, 0.6) is 0 Å². The van der Waals surface area contributed by atoms with Gasteiger partial charge >= 0.3 is 0 Å². The molecule has 0 spiro atoms. The number of halogens is 1. The fourth-order valence-electron chi connectivity index (χ4n) is 3.70. The number of aromatic nitrogens is 4. The molecule has 1 aromatic carbocycles. The third-order valence-electron chi connectivity index (χ3n) is 5.39. The summed E-state index contributed by atoms with van der Waals surface area (Å²) in [5, 5.41) is 8.83. The maximum absolute atomic E-state index is 13.4. The van der Waals surface area contributed by atoms with E-state index in [0.717, 1.165) is 16.9 Å². The van der Waals surface area contributed by atoms with Gasteiger partial charge < -0.3 is 9.73 Å². The summed E-state index contributed by atoms with van der Waals surface area (Å²) < 4.78 is 7.20. The second kappa shape index (κ2) is 8.88. The minimum Gasteiger partial charge on any atom is -0.467 e. The number of amides is 1. The van der Waals surface area contributed by atoms with Crippen LogP contribution in [-0.4, -0.2) is 25.7 Å². The van der Waals surface area contributed by atoms with Gasteiger partial charge in [-0.25, -0.2) is 9.67 Å². The van der Waals surface area contributed by atoms with Crippen molar-refractivity contribution in [2.24, 2.45) is 0 Å². The number of carbonyl (C=O) groups excluding carboxylic acids is 1. The van der Waals surface area contributed by atoms with Gasteiger partial charge in [-0.1, -0.05) is 23.7 Å². The molecule has 5 aromatic rings. The van der Waals surface area contributed by atoms with Gasteiger partial charge in [0.05, 0.1) is 35.1 Å². The highest BCUT2D eigenvalue weighted by atomic mass is 35.5. The summed E-state index contributed by atoms with van der Waals surface area (Å²) in [5.41, 5.74) is 3.44. The van der Waals surface area contributed by atoms with Gasteiger partial charge in [-0.3, -0.25) is 9.78 Å². The van der Waals surface area contributed by atoms with Crippen LogP contribution in [0.1, 0.15) is 34.6 Å². The number of hydrogen-bond acceptors (Lipinski definition) is 5. The van der Waals surface area contributed by atoms with Gasteiger partial charge in [-0.05, 0) is 55.0 Å². The largest absolute Gasteiger partial charge is 0.467 e. The minimum absolute atomic E-state index is 0.224. The number of fused-ring (bicyclic) bond motifs is 1. The fourth-order valence-corrected chi connectivity index (χ4v) is 3.90. The number of furan rings is 1. The Morgan fingerprint density at radius 2 is 2.06 bits per heavy atom. The molecular formula is C25H20ClN5O2. The lowest BCUT2D eigenvalue weighted by Crippen LogP contribution is -2.27. The summed E-state index contributed by atoms with van der Waals surface area (Å²) in [6.45, 7) is 2.32. The van der Waals surface area contributed by atoms with Crippen molar-refractivity contribution in [2.75, 3.05) is 0 Å². The molecule has 5 rings (SSSR count). The molecule has 0 fully saturated rings. The van der Waals surface area contributed by atoms with Crippen molar-refractivity contribution in [3.8, 4) is 11.3 Å². The maximum Gasteiger partial charge on any atom is 0.252 e. The lowest BCUT2D eigenvalue weighted by Gasteiger charge is -2.16. The van der Waals surface area contributed by atoms with Gasteiger partial charge in [-0.15, -0.1) is 0 Å². The summed E-state index contributed by atoms with van der Waals surface area (Å²) in [6.07, 6.45) is 6.70. The first-order valence-corrected chi connectivity index (χ1v) is 10.8. The molecule has 0 aliphatic rings. The molecule has 1 amide bonds. The Morgan fingerprint density at radius 3 is 2.82 bits per heavy atom. The van der Waals surface area contributed by atoms with Crippen LogP contribution in [0, 0.1) is 0 Å². The van der Waals surface area contributed by atoms with E-state index in [0.29, 0.717) is 33.9 Å². The molecule has 4 aromatic heterocycles. The molecule has 0 aliphatic carbocycles. The lowest BCUT2D eigenvalue weighted by atomic mass is 10.1. The van der Waals surface area contributed by atoms with Crippen LogP contribution in [0.4, 0.5) is 0 Å². The Balaban J connectivity index is 1.56. The SMILES string of the molecule is C[C@@H](NC(=O)c1cc(-c2cccnc2)nc2c1cnn2Cc1ccco1)c1cccc(Cl)c1. The molecule has 0 unspecified atom stereocenters. The molecule has 1 atom stereocenters. The van der Waals surface area contributed by atoms with Crippen molar-refractivity contribution >= 4 is 28.5 Å². The quantitative estimate of drug-likeness (QED) is 0.375. The monoisotopic (exact) mass is 457 g/mol. The average molecular weight is 458 g/mol. The number of nitrogens with zero attached hydrogens (tertiary/aromatic N) is 4. The van der Waals surface area contributed by atoms with Gasteiger partial charge in [-0.2, -0.15) is 5.10 Å². The predicted molar refractivity (Wildman–Crippen MR) is 126 cm³/mol. The first kappa shape index (κ1) is 20.9. The Kier molecular flexibility index (Phi) is 5.62. The third kappa shape index (κ3) is 4.36. The average Bonchev–Trinajstić information content (AvgIpc) is 3.49. The number of nitrogens with one attached hydrogen (secondary N) is 1. The molecular weight excluding hydrogens is 438 g/mol. The molecule has 0 bridgehead atoms. The number of pyridine rings is 2. The van der Waals surface area contributed by atoms with Crippen molar-refractivity contribution in [1.82, 2.24) is 25.1 Å². The zero-order valence-corrected chi connectivity index (χ0v) is 18.5. The highest BCUT2D eigenvalue weighted by Crippen LogP contribution is 2.26. The van der Waals surface area contributed by atoms with Crippen molar-refractivity contribution in [1.29, 1.82) is 0 Å². The van der Waals surface area contributed by atoms with Crippen LogP contribution < -0.4 is 5.32 Å². The van der Waals surface area contributed by atoms with E-state index in [2.05, 4.69) is 15.4 Å². The Hall–Kier alpha value is -3.97. The van der Waals surface area contributed by atoms with Gasteiger partial charge in [0.2, 0.25) is 0 Å². The molecule has 164 valence electrons. The molecule has 0 saturated carbocycles. The van der Waals surface area contributed by atoms with Gasteiger partial charge in [0.1, 0.15) is 12.3 Å². The molecule has 1 N–H and O–H groups in total. The smallest absolute Gasteiger partial charge is 0.252 e. The first-order valence-electron chi connectivity index (χ1n) is 10.4. The van der Waals surface area contributed by atoms with E-state index in [1.165, 1.54) is 0 Å². The van der Waals surface area contributed by atoms with Gasteiger partial charge in [0.15, 0.2) is 5.65 Å². The highest BCUT2D eigenvalue weighted by Gasteiger charge is 2.20. The molecule has 4 heterocycles. The third-order valence-corrected chi connectivity index (χ3v) is 5.63. The van der Waals surface area contributed by atoms with E-state index in [1.807, 2.05) is 49.4 Å². The zero-order valence-electron chi connectivity index (χ0n) is 17.8. The second-order valence-electron chi connectivity index (χ2n) is 7.67. The summed E-state index contributed by atoms with van der Waals surface area (Å²) in [7, 11) is 0. The minimum atomic E-state index is -0.237. The van der Waals surface area contributed by atoms with E-state index < -0.39 is 0 Å². The van der Waals surface area contributed by atoms with E-state index in [9.17, 15) is 4.79 Å². The number of benzene rings is 1. The van der Waals surface area contributed by atoms with Crippen molar-refractivity contribution in [3.63, 3.8) is 0 Å². The fraction of sp³-hybridized carbons (Fsp3) is 0.120. The lowest BCUT2D eigenvalue weighted by molar-refractivity contribution is 0.0941. The van der Waals surface area contributed by atoms with E-state index in [-0.39, 0.29) is 11.9 Å². The normalized spacial score (nSPS) is 12.1. The van der Waals surface area contributed by atoms with Gasteiger partial charge in [0, 0.05) is 23.0 Å². The molecule has 0 saturated heterocycles. The van der Waals surface area contributed by atoms with Crippen LogP contribution in [-0.2, 0) is 6.54 Å². The summed E-state index contributed by atoms with van der Waals surface area (Å²) in [4.78, 5) is 22.4. The number of hydrogen-bond donors (Lipinski definition) is 1. The Morgan fingerprint density at radius 1 is 1.15 bits per heavy atom. The Bertz CT molecular complexity index is 1410. The van der Waals surface area contributed by atoms with Crippen LogP contribution in [0.2, 0.25) is 5.02 Å². The number of rotatable bonds is 6. The highest BCUT2D eigenvalue weighted by molar-refractivity contribution is 6.30. The van der Waals surface area contributed by atoms with E-state index in [1.54, 1.807) is 41.7 Å². The topological polar surface area (TPSA) is 85.8 Å². The van der Waals surface area contributed by atoms with Crippen LogP contribution in [0.25, 0.3) is 22.3 Å². The summed E-state index contributed by atoms with van der Waals surface area (Å²) in [5.74, 6) is 0.520. The van der Waals surface area contributed by atoms with E-state index >= 15 is 0 Å². The molecule has 8 heteroatoms. The standard InChI is InChI=1S/C25H20ClN5O2/c1-16(17-5-2-7-19(26)11-17)29-25(32)21-12-23(18-6-3-9-27-13-18)30-24-22(21)14-28-31(24)15-20-8-4-10-33-20/h2-14,16H,15H2,1H3,(H,29,32)/t16-/m1/s1. The predicted octanol–water partition coefficient (Wildman–Crippen LogP) is 5.28. The molecule has 33 heavy (non-hydrogen) atoms. The van der Waals surface area contributed by atoms with Gasteiger partial charge in [0.25, 0.3) is 5.91 Å². The van der Waals surface area contributed by atoms with E-state index in [4.69, 9.17) is 21.0 Å². The first-order chi connectivity index (χ1) is 16.1. The maximum atomic E-state index is 13.4.